The van der Waals surface area contributed by atoms with Crippen molar-refractivity contribution in [2.45, 2.75) is 19.9 Å². The Bertz CT molecular complexity index is 552. The number of imidazole rings is 1. The van der Waals surface area contributed by atoms with Gasteiger partial charge in [0.1, 0.15) is 5.75 Å². The molecule has 0 aliphatic carbocycles. The highest BCUT2D eigenvalue weighted by atomic mass is 16.3. The zero-order valence-electron chi connectivity index (χ0n) is 9.29. The zero-order chi connectivity index (χ0) is 11.7. The maximum absolute atomic E-state index is 12.0. The van der Waals surface area contributed by atoms with Gasteiger partial charge < -0.3 is 5.11 Å². The van der Waals surface area contributed by atoms with Crippen molar-refractivity contribution in [3.05, 3.63) is 47.1 Å². The van der Waals surface area contributed by atoms with Crippen LogP contribution in [-0.2, 0) is 0 Å². The lowest BCUT2D eigenvalue weighted by Gasteiger charge is -2.06. The predicted molar refractivity (Wildman–Crippen MR) is 62.1 cm³/mol. The van der Waals surface area contributed by atoms with Gasteiger partial charge in [-0.25, -0.2) is 4.79 Å². The number of phenols is 1. The minimum Gasteiger partial charge on any atom is -0.506 e. The number of benzene rings is 1. The van der Waals surface area contributed by atoms with E-state index in [1.165, 1.54) is 4.57 Å². The van der Waals surface area contributed by atoms with Crippen LogP contribution in [0.25, 0.3) is 5.69 Å². The van der Waals surface area contributed by atoms with Crippen molar-refractivity contribution in [3.8, 4) is 11.4 Å². The van der Waals surface area contributed by atoms with E-state index in [0.29, 0.717) is 5.69 Å². The van der Waals surface area contributed by atoms with Crippen molar-refractivity contribution in [1.82, 2.24) is 9.13 Å². The monoisotopic (exact) mass is 218 g/mol. The Kier molecular flexibility index (Phi) is 2.56. The van der Waals surface area contributed by atoms with Gasteiger partial charge in [-0.2, -0.15) is 0 Å². The first-order valence-corrected chi connectivity index (χ1v) is 5.19. The molecule has 0 aliphatic rings. The predicted octanol–water partition coefficient (Wildman–Crippen LogP) is 1.93. The third-order valence-corrected chi connectivity index (χ3v) is 2.50. The maximum Gasteiger partial charge on any atom is 0.333 e. The van der Waals surface area contributed by atoms with Gasteiger partial charge in [-0.3, -0.25) is 9.13 Å². The van der Waals surface area contributed by atoms with Gasteiger partial charge in [-0.1, -0.05) is 12.1 Å². The number of para-hydroxylation sites is 2. The third kappa shape index (κ3) is 1.62. The average Bonchev–Trinajstić information content (AvgIpc) is 2.61. The van der Waals surface area contributed by atoms with Gasteiger partial charge in [0.2, 0.25) is 0 Å². The normalized spacial score (nSPS) is 10.9. The Balaban J connectivity index is 2.59. The van der Waals surface area contributed by atoms with Crippen molar-refractivity contribution in [1.29, 1.82) is 0 Å². The summed E-state index contributed by atoms with van der Waals surface area (Å²) in [5.41, 5.74) is 0.364. The van der Waals surface area contributed by atoms with E-state index in [4.69, 9.17) is 0 Å². The van der Waals surface area contributed by atoms with Crippen LogP contribution in [0.15, 0.2) is 41.5 Å². The minimum atomic E-state index is -0.142. The second-order valence-corrected chi connectivity index (χ2v) is 3.94. The molecule has 0 amide bonds. The molecule has 1 heterocycles. The van der Waals surface area contributed by atoms with Crippen LogP contribution in [0.2, 0.25) is 0 Å². The molecule has 0 radical (unpaired) electrons. The van der Waals surface area contributed by atoms with Gasteiger partial charge in [0, 0.05) is 18.4 Å². The quantitative estimate of drug-likeness (QED) is 0.837. The van der Waals surface area contributed by atoms with Crippen LogP contribution < -0.4 is 5.69 Å². The van der Waals surface area contributed by atoms with Crippen LogP contribution in [-0.4, -0.2) is 14.2 Å². The molecular formula is C12H14N2O2. The first-order chi connectivity index (χ1) is 7.61. The van der Waals surface area contributed by atoms with Crippen molar-refractivity contribution in [2.75, 3.05) is 0 Å². The van der Waals surface area contributed by atoms with E-state index < -0.39 is 0 Å². The Morgan fingerprint density at radius 2 is 1.88 bits per heavy atom. The second-order valence-electron chi connectivity index (χ2n) is 3.94. The fraction of sp³-hybridized carbons (Fsp3) is 0.250. The summed E-state index contributed by atoms with van der Waals surface area (Å²) in [6, 6.07) is 6.90. The minimum absolute atomic E-state index is 0.103. The zero-order valence-corrected chi connectivity index (χ0v) is 9.29. The van der Waals surface area contributed by atoms with Crippen molar-refractivity contribution < 1.29 is 5.11 Å². The fourth-order valence-electron chi connectivity index (χ4n) is 1.63. The molecule has 1 aromatic heterocycles. The van der Waals surface area contributed by atoms with Gasteiger partial charge in [0.15, 0.2) is 0 Å². The molecule has 0 aliphatic heterocycles. The van der Waals surface area contributed by atoms with Crippen LogP contribution in [0.5, 0.6) is 5.75 Å². The van der Waals surface area contributed by atoms with Gasteiger partial charge in [-0.05, 0) is 26.0 Å². The smallest absolute Gasteiger partial charge is 0.333 e. The van der Waals surface area contributed by atoms with Crippen molar-refractivity contribution >= 4 is 0 Å². The molecule has 84 valence electrons. The highest BCUT2D eigenvalue weighted by molar-refractivity contribution is 5.45. The van der Waals surface area contributed by atoms with Gasteiger partial charge >= 0.3 is 5.69 Å². The fourth-order valence-corrected chi connectivity index (χ4v) is 1.63. The highest BCUT2D eigenvalue weighted by Gasteiger charge is 2.09. The lowest BCUT2D eigenvalue weighted by Crippen LogP contribution is -2.24. The molecule has 0 atom stereocenters. The number of phenolic OH excluding ortho intramolecular Hbond substituents is 1. The molecule has 1 aromatic carbocycles. The topological polar surface area (TPSA) is 47.2 Å². The van der Waals surface area contributed by atoms with Gasteiger partial charge in [0.05, 0.1) is 5.69 Å². The standard InChI is InChI=1S/C12H14N2O2/c1-9(2)13-7-8-14(12(13)16)10-5-3-4-6-11(10)15/h3-9,15H,1-2H3. The summed E-state index contributed by atoms with van der Waals surface area (Å²) in [5, 5.41) is 9.67. The number of hydrogen-bond donors (Lipinski definition) is 1. The Labute approximate surface area is 93.4 Å². The summed E-state index contributed by atoms with van der Waals surface area (Å²) in [5.74, 6) is 0.103. The summed E-state index contributed by atoms with van der Waals surface area (Å²) in [4.78, 5) is 12.0. The van der Waals surface area contributed by atoms with E-state index in [2.05, 4.69) is 0 Å². The first kappa shape index (κ1) is 10.5. The molecule has 0 saturated carbocycles. The molecule has 0 bridgehead atoms. The second kappa shape index (κ2) is 3.89. The van der Waals surface area contributed by atoms with Gasteiger partial charge in [-0.15, -0.1) is 0 Å². The summed E-state index contributed by atoms with van der Waals surface area (Å²) in [6.45, 7) is 3.88. The molecule has 2 rings (SSSR count). The van der Waals surface area contributed by atoms with Crippen LogP contribution in [0, 0.1) is 0 Å². The number of aromatic nitrogens is 2. The Morgan fingerprint density at radius 1 is 1.19 bits per heavy atom. The number of nitrogens with zero attached hydrogens (tertiary/aromatic N) is 2. The molecule has 0 fully saturated rings. The van der Waals surface area contributed by atoms with E-state index in [1.54, 1.807) is 41.2 Å². The highest BCUT2D eigenvalue weighted by Crippen LogP contribution is 2.19. The average molecular weight is 218 g/mol. The summed E-state index contributed by atoms with van der Waals surface area (Å²) < 4.78 is 3.06. The molecule has 4 nitrogen and oxygen atoms in total. The largest absolute Gasteiger partial charge is 0.506 e. The molecule has 2 aromatic rings. The van der Waals surface area contributed by atoms with E-state index >= 15 is 0 Å². The molecule has 16 heavy (non-hydrogen) atoms. The lowest BCUT2D eigenvalue weighted by atomic mass is 10.3. The molecule has 1 N–H and O–H groups in total. The number of aromatic hydroxyl groups is 1. The van der Waals surface area contributed by atoms with Crippen LogP contribution in [0.1, 0.15) is 19.9 Å². The van der Waals surface area contributed by atoms with Crippen molar-refractivity contribution in [3.63, 3.8) is 0 Å². The summed E-state index contributed by atoms with van der Waals surface area (Å²) >= 11 is 0. The maximum atomic E-state index is 12.0. The van der Waals surface area contributed by atoms with Crippen LogP contribution in [0.3, 0.4) is 0 Å². The number of rotatable bonds is 2. The van der Waals surface area contributed by atoms with E-state index in [9.17, 15) is 9.90 Å². The van der Waals surface area contributed by atoms with E-state index in [0.717, 1.165) is 0 Å². The number of hydrogen-bond acceptors (Lipinski definition) is 2. The van der Waals surface area contributed by atoms with E-state index in [-0.39, 0.29) is 17.5 Å². The van der Waals surface area contributed by atoms with Crippen LogP contribution >= 0.6 is 0 Å². The Morgan fingerprint density at radius 3 is 2.44 bits per heavy atom. The van der Waals surface area contributed by atoms with Gasteiger partial charge in [0.25, 0.3) is 0 Å². The third-order valence-electron chi connectivity index (χ3n) is 2.50. The molecule has 4 heteroatoms. The molecule has 0 unspecified atom stereocenters. The summed E-state index contributed by atoms with van der Waals surface area (Å²) in [6.07, 6.45) is 3.39. The first-order valence-electron chi connectivity index (χ1n) is 5.19. The SMILES string of the molecule is CC(C)n1ccn(-c2ccccc2O)c1=O. The molecular weight excluding hydrogens is 204 g/mol. The van der Waals surface area contributed by atoms with Crippen molar-refractivity contribution in [2.24, 2.45) is 0 Å². The molecule has 0 saturated heterocycles. The van der Waals surface area contributed by atoms with Crippen LogP contribution in [0.4, 0.5) is 0 Å². The lowest BCUT2D eigenvalue weighted by molar-refractivity contribution is 0.471. The van der Waals surface area contributed by atoms with E-state index in [1.807, 2.05) is 13.8 Å². The molecule has 0 spiro atoms. The summed E-state index contributed by atoms with van der Waals surface area (Å²) in [7, 11) is 0. The Hall–Kier alpha value is -1.97.